The molecular weight excluding hydrogens is 208 g/mol. The minimum Gasteiger partial charge on any atom is -0.330 e. The van der Waals surface area contributed by atoms with Gasteiger partial charge >= 0.3 is 0 Å². The van der Waals surface area contributed by atoms with Crippen molar-refractivity contribution in [3.8, 4) is 0 Å². The van der Waals surface area contributed by atoms with E-state index in [1.807, 2.05) is 0 Å². The molecule has 0 spiro atoms. The van der Waals surface area contributed by atoms with Crippen LogP contribution in [0.15, 0.2) is 0 Å². The second-order valence-electron chi connectivity index (χ2n) is 5.89. The van der Waals surface area contributed by atoms with E-state index < -0.39 is 0 Å². The number of piperidine rings is 1. The Bertz CT molecular complexity index is 191. The van der Waals surface area contributed by atoms with Crippen molar-refractivity contribution < 1.29 is 0 Å². The van der Waals surface area contributed by atoms with Crippen LogP contribution in [0, 0.1) is 11.8 Å². The summed E-state index contributed by atoms with van der Waals surface area (Å²) < 4.78 is 0. The monoisotopic (exact) mass is 240 g/mol. The van der Waals surface area contributed by atoms with Crippen molar-refractivity contribution in [3.05, 3.63) is 0 Å². The van der Waals surface area contributed by atoms with E-state index in [1.54, 1.807) is 0 Å². The Morgan fingerprint density at radius 1 is 1.29 bits per heavy atom. The van der Waals surface area contributed by atoms with E-state index in [1.165, 1.54) is 51.6 Å². The summed E-state index contributed by atoms with van der Waals surface area (Å²) in [6, 6.07) is 0.811. The largest absolute Gasteiger partial charge is 0.330 e. The van der Waals surface area contributed by atoms with Gasteiger partial charge in [-0.1, -0.05) is 27.2 Å². The molecular formula is C15H32N2. The molecule has 3 atom stereocenters. The van der Waals surface area contributed by atoms with Crippen molar-refractivity contribution in [2.24, 2.45) is 17.6 Å². The van der Waals surface area contributed by atoms with Gasteiger partial charge < -0.3 is 10.6 Å². The minimum absolute atomic E-state index is 0.811. The van der Waals surface area contributed by atoms with Crippen molar-refractivity contribution in [1.29, 1.82) is 0 Å². The van der Waals surface area contributed by atoms with Gasteiger partial charge in [0, 0.05) is 12.6 Å². The van der Waals surface area contributed by atoms with Crippen LogP contribution in [-0.2, 0) is 0 Å². The van der Waals surface area contributed by atoms with Gasteiger partial charge in [-0.15, -0.1) is 0 Å². The zero-order valence-corrected chi connectivity index (χ0v) is 12.1. The SMILES string of the molecule is CCC(C)CC(CC)N1CCCC(CCN)C1. The Hall–Kier alpha value is -0.0800. The fraction of sp³-hybridized carbons (Fsp3) is 1.00. The molecule has 17 heavy (non-hydrogen) atoms. The first kappa shape index (κ1) is 15.0. The molecule has 0 aliphatic carbocycles. The van der Waals surface area contributed by atoms with Crippen molar-refractivity contribution in [2.45, 2.75) is 65.3 Å². The highest BCUT2D eigenvalue weighted by molar-refractivity contribution is 4.79. The number of hydrogen-bond donors (Lipinski definition) is 1. The summed E-state index contributed by atoms with van der Waals surface area (Å²) in [6.07, 6.45) is 7.99. The summed E-state index contributed by atoms with van der Waals surface area (Å²) in [6.45, 7) is 10.5. The Morgan fingerprint density at radius 3 is 2.65 bits per heavy atom. The maximum absolute atomic E-state index is 5.70. The highest BCUT2D eigenvalue weighted by atomic mass is 15.2. The molecule has 102 valence electrons. The van der Waals surface area contributed by atoms with Crippen LogP contribution in [0.25, 0.3) is 0 Å². The van der Waals surface area contributed by atoms with Crippen molar-refractivity contribution >= 4 is 0 Å². The molecule has 1 fully saturated rings. The van der Waals surface area contributed by atoms with Crippen LogP contribution in [0.5, 0.6) is 0 Å². The summed E-state index contributed by atoms with van der Waals surface area (Å²) in [5.41, 5.74) is 5.70. The second-order valence-corrected chi connectivity index (χ2v) is 5.89. The molecule has 1 heterocycles. The smallest absolute Gasteiger partial charge is 0.00952 e. The quantitative estimate of drug-likeness (QED) is 0.740. The average Bonchev–Trinajstić information content (AvgIpc) is 2.36. The molecule has 0 saturated carbocycles. The van der Waals surface area contributed by atoms with Gasteiger partial charge in [0.2, 0.25) is 0 Å². The van der Waals surface area contributed by atoms with E-state index in [9.17, 15) is 0 Å². The van der Waals surface area contributed by atoms with E-state index in [-0.39, 0.29) is 0 Å². The molecule has 2 heteroatoms. The second kappa shape index (κ2) is 8.10. The zero-order chi connectivity index (χ0) is 12.7. The molecule has 0 aromatic heterocycles. The Kier molecular flexibility index (Phi) is 7.14. The van der Waals surface area contributed by atoms with Gasteiger partial charge in [0.05, 0.1) is 0 Å². The Balaban J connectivity index is 2.44. The first-order chi connectivity index (χ1) is 8.21. The predicted octanol–water partition coefficient (Wildman–Crippen LogP) is 3.26. The zero-order valence-electron chi connectivity index (χ0n) is 12.1. The van der Waals surface area contributed by atoms with E-state index >= 15 is 0 Å². The summed E-state index contributed by atoms with van der Waals surface area (Å²) in [5.74, 6) is 1.73. The number of hydrogen-bond acceptors (Lipinski definition) is 2. The summed E-state index contributed by atoms with van der Waals surface area (Å²) in [5, 5.41) is 0. The third-order valence-corrected chi connectivity index (χ3v) is 4.48. The van der Waals surface area contributed by atoms with Gasteiger partial charge in [-0.25, -0.2) is 0 Å². The third kappa shape index (κ3) is 4.97. The molecule has 2 N–H and O–H groups in total. The molecule has 1 aliphatic heterocycles. The van der Waals surface area contributed by atoms with Crippen LogP contribution in [-0.4, -0.2) is 30.6 Å². The fourth-order valence-corrected chi connectivity index (χ4v) is 3.11. The molecule has 0 bridgehead atoms. The molecule has 2 nitrogen and oxygen atoms in total. The molecule has 1 aliphatic rings. The number of rotatable bonds is 7. The number of likely N-dealkylation sites (tertiary alicyclic amines) is 1. The molecule has 0 aromatic rings. The maximum atomic E-state index is 5.70. The molecule has 1 rings (SSSR count). The number of nitrogens with two attached hydrogens (primary N) is 1. The van der Waals surface area contributed by atoms with Crippen LogP contribution >= 0.6 is 0 Å². The molecule has 1 saturated heterocycles. The third-order valence-electron chi connectivity index (χ3n) is 4.48. The lowest BCUT2D eigenvalue weighted by Crippen LogP contribution is -2.43. The minimum atomic E-state index is 0.811. The van der Waals surface area contributed by atoms with Gasteiger partial charge in [0.25, 0.3) is 0 Å². The molecule has 0 amide bonds. The van der Waals surface area contributed by atoms with Gasteiger partial charge in [0.1, 0.15) is 0 Å². The Labute approximate surface area is 108 Å². The van der Waals surface area contributed by atoms with Crippen LogP contribution in [0.2, 0.25) is 0 Å². The lowest BCUT2D eigenvalue weighted by molar-refractivity contribution is 0.102. The van der Waals surface area contributed by atoms with E-state index in [4.69, 9.17) is 5.73 Å². The highest BCUT2D eigenvalue weighted by Gasteiger charge is 2.25. The van der Waals surface area contributed by atoms with Crippen molar-refractivity contribution in [3.63, 3.8) is 0 Å². The van der Waals surface area contributed by atoms with E-state index in [0.29, 0.717) is 0 Å². The van der Waals surface area contributed by atoms with Gasteiger partial charge in [-0.05, 0) is 57.0 Å². The summed E-state index contributed by atoms with van der Waals surface area (Å²) in [7, 11) is 0. The average molecular weight is 240 g/mol. The topological polar surface area (TPSA) is 29.3 Å². The van der Waals surface area contributed by atoms with Crippen LogP contribution in [0.4, 0.5) is 0 Å². The lowest BCUT2D eigenvalue weighted by atomic mass is 9.90. The maximum Gasteiger partial charge on any atom is 0.00952 e. The van der Waals surface area contributed by atoms with Crippen molar-refractivity contribution in [2.75, 3.05) is 19.6 Å². The standard InChI is InChI=1S/C15H32N2/c1-4-13(3)11-15(5-2)17-10-6-7-14(12-17)8-9-16/h13-15H,4-12,16H2,1-3H3. The lowest BCUT2D eigenvalue weighted by Gasteiger charge is -2.39. The van der Waals surface area contributed by atoms with Crippen LogP contribution < -0.4 is 5.73 Å². The number of nitrogens with zero attached hydrogens (tertiary/aromatic N) is 1. The highest BCUT2D eigenvalue weighted by Crippen LogP contribution is 2.25. The van der Waals surface area contributed by atoms with Gasteiger partial charge in [-0.3, -0.25) is 0 Å². The fourth-order valence-electron chi connectivity index (χ4n) is 3.11. The summed E-state index contributed by atoms with van der Waals surface area (Å²) >= 11 is 0. The molecule has 3 unspecified atom stereocenters. The van der Waals surface area contributed by atoms with Gasteiger partial charge in [-0.2, -0.15) is 0 Å². The normalized spacial score (nSPS) is 25.8. The van der Waals surface area contributed by atoms with E-state index in [0.717, 1.165) is 24.4 Å². The molecule has 0 radical (unpaired) electrons. The molecule has 0 aromatic carbocycles. The first-order valence-electron chi connectivity index (χ1n) is 7.65. The predicted molar refractivity (Wildman–Crippen MR) is 76.1 cm³/mol. The Morgan fingerprint density at radius 2 is 2.06 bits per heavy atom. The van der Waals surface area contributed by atoms with Gasteiger partial charge in [0.15, 0.2) is 0 Å². The summed E-state index contributed by atoms with van der Waals surface area (Å²) in [4.78, 5) is 2.75. The van der Waals surface area contributed by atoms with E-state index in [2.05, 4.69) is 25.7 Å². The van der Waals surface area contributed by atoms with Crippen LogP contribution in [0.1, 0.15) is 59.3 Å². The first-order valence-corrected chi connectivity index (χ1v) is 7.65. The van der Waals surface area contributed by atoms with Crippen molar-refractivity contribution in [1.82, 2.24) is 4.90 Å². The van der Waals surface area contributed by atoms with Crippen LogP contribution in [0.3, 0.4) is 0 Å².